The summed E-state index contributed by atoms with van der Waals surface area (Å²) in [6, 6.07) is 16.3. The highest BCUT2D eigenvalue weighted by molar-refractivity contribution is 5.77. The number of halogens is 3. The van der Waals surface area contributed by atoms with Gasteiger partial charge in [-0.05, 0) is 23.8 Å². The number of piperazine rings is 1. The number of hydrogen-bond acceptors (Lipinski definition) is 5. The minimum atomic E-state index is -4.42. The van der Waals surface area contributed by atoms with Crippen LogP contribution in [0, 0.1) is 0 Å². The molecule has 0 unspecified atom stereocenters. The summed E-state index contributed by atoms with van der Waals surface area (Å²) in [4.78, 5) is 24.8. The number of benzene rings is 2. The number of nitrogens with zero attached hydrogens (tertiary/aromatic N) is 4. The number of carbonyl (C=O) groups excluding carboxylic acids is 1. The van der Waals surface area contributed by atoms with Gasteiger partial charge in [0.05, 0.1) is 17.9 Å². The Bertz CT molecular complexity index is 1080. The van der Waals surface area contributed by atoms with E-state index in [1.807, 2.05) is 35.2 Å². The van der Waals surface area contributed by atoms with Crippen molar-refractivity contribution in [2.75, 3.05) is 37.7 Å². The van der Waals surface area contributed by atoms with Crippen molar-refractivity contribution in [3.63, 3.8) is 0 Å². The van der Waals surface area contributed by atoms with E-state index in [1.165, 1.54) is 12.3 Å². The average molecular weight is 456 g/mol. The maximum atomic E-state index is 13.0. The van der Waals surface area contributed by atoms with Gasteiger partial charge in [-0.15, -0.1) is 0 Å². The van der Waals surface area contributed by atoms with Crippen LogP contribution in [-0.4, -0.2) is 53.6 Å². The van der Waals surface area contributed by atoms with Crippen LogP contribution in [0.2, 0.25) is 0 Å². The largest absolute Gasteiger partial charge is 0.416 e. The van der Waals surface area contributed by atoms with Gasteiger partial charge in [-0.2, -0.15) is 13.2 Å². The fraction of sp³-hybridized carbons (Fsp3) is 0.292. The highest BCUT2D eigenvalue weighted by Gasteiger charge is 2.30. The maximum absolute atomic E-state index is 13.0. The molecule has 3 aromatic rings. The van der Waals surface area contributed by atoms with E-state index in [0.29, 0.717) is 50.0 Å². The molecule has 172 valence electrons. The van der Waals surface area contributed by atoms with E-state index < -0.39 is 11.7 Å². The summed E-state index contributed by atoms with van der Waals surface area (Å²) in [6.45, 7) is 2.42. The van der Waals surface area contributed by atoms with E-state index in [9.17, 15) is 18.0 Å². The molecule has 2 heterocycles. The lowest BCUT2D eigenvalue weighted by Crippen LogP contribution is -2.50. The number of hydrogen-bond donors (Lipinski definition) is 0. The normalized spacial score (nSPS) is 14.4. The van der Waals surface area contributed by atoms with Crippen molar-refractivity contribution in [3.05, 3.63) is 78.0 Å². The first-order valence-electron chi connectivity index (χ1n) is 10.6. The van der Waals surface area contributed by atoms with Gasteiger partial charge in [0.25, 0.3) is 0 Å². The first-order chi connectivity index (χ1) is 15.9. The smallest absolute Gasteiger partial charge is 0.367 e. The van der Waals surface area contributed by atoms with Crippen molar-refractivity contribution in [2.45, 2.75) is 12.8 Å². The standard InChI is InChI=1S/C24H23F3N4O2/c25-24(26,27)20-8-4-7-19(15-20)21-9-10-28-23(29-21)31-13-11-30(12-14-31)22(32)17-33-16-18-5-2-1-3-6-18/h1-10,15H,11-14,16-17H2. The van der Waals surface area contributed by atoms with Gasteiger partial charge >= 0.3 is 6.18 Å². The van der Waals surface area contributed by atoms with Crippen LogP contribution in [-0.2, 0) is 22.3 Å². The Labute approximate surface area is 189 Å². The summed E-state index contributed by atoms with van der Waals surface area (Å²) in [6.07, 6.45) is -2.88. The Morgan fingerprint density at radius 2 is 1.73 bits per heavy atom. The molecule has 4 rings (SSSR count). The molecule has 0 N–H and O–H groups in total. The molecular weight excluding hydrogens is 433 g/mol. The van der Waals surface area contributed by atoms with Crippen molar-refractivity contribution in [1.29, 1.82) is 0 Å². The molecule has 9 heteroatoms. The Morgan fingerprint density at radius 1 is 0.970 bits per heavy atom. The summed E-state index contributed by atoms with van der Waals surface area (Å²) in [5, 5.41) is 0. The summed E-state index contributed by atoms with van der Waals surface area (Å²) in [5.74, 6) is 0.349. The van der Waals surface area contributed by atoms with Crippen molar-refractivity contribution < 1.29 is 22.7 Å². The van der Waals surface area contributed by atoms with E-state index in [-0.39, 0.29) is 12.5 Å². The average Bonchev–Trinajstić information content (AvgIpc) is 2.84. The Morgan fingerprint density at radius 3 is 2.45 bits per heavy atom. The zero-order valence-electron chi connectivity index (χ0n) is 17.8. The van der Waals surface area contributed by atoms with Crippen LogP contribution in [0.3, 0.4) is 0 Å². The molecule has 2 aromatic carbocycles. The summed E-state index contributed by atoms with van der Waals surface area (Å²) in [5.41, 5.74) is 1.08. The van der Waals surface area contributed by atoms with Crippen LogP contribution >= 0.6 is 0 Å². The predicted octanol–water partition coefficient (Wildman–Crippen LogP) is 4.03. The third-order valence-corrected chi connectivity index (χ3v) is 5.38. The van der Waals surface area contributed by atoms with Crippen LogP contribution in [0.25, 0.3) is 11.3 Å². The molecule has 1 aliphatic rings. The molecule has 1 aromatic heterocycles. The van der Waals surface area contributed by atoms with E-state index in [2.05, 4.69) is 9.97 Å². The molecule has 1 aliphatic heterocycles. The van der Waals surface area contributed by atoms with Gasteiger partial charge in [0.15, 0.2) is 0 Å². The van der Waals surface area contributed by atoms with E-state index >= 15 is 0 Å². The van der Waals surface area contributed by atoms with Crippen LogP contribution in [0.1, 0.15) is 11.1 Å². The highest BCUT2D eigenvalue weighted by Crippen LogP contribution is 2.32. The SMILES string of the molecule is O=C(COCc1ccccc1)N1CCN(c2nccc(-c3cccc(C(F)(F)F)c3)n2)CC1. The van der Waals surface area contributed by atoms with Gasteiger partial charge in [-0.3, -0.25) is 4.79 Å². The number of amides is 1. The molecule has 0 saturated carbocycles. The first-order valence-corrected chi connectivity index (χ1v) is 10.6. The number of aromatic nitrogens is 2. The summed E-state index contributed by atoms with van der Waals surface area (Å²) in [7, 11) is 0. The fourth-order valence-corrected chi connectivity index (χ4v) is 3.59. The van der Waals surface area contributed by atoms with Crippen LogP contribution in [0.4, 0.5) is 19.1 Å². The third-order valence-electron chi connectivity index (χ3n) is 5.38. The second-order valence-electron chi connectivity index (χ2n) is 7.67. The quantitative estimate of drug-likeness (QED) is 0.561. The molecule has 1 amide bonds. The summed E-state index contributed by atoms with van der Waals surface area (Å²) >= 11 is 0. The molecule has 0 radical (unpaired) electrons. The van der Waals surface area contributed by atoms with E-state index in [1.54, 1.807) is 17.0 Å². The van der Waals surface area contributed by atoms with E-state index in [0.717, 1.165) is 17.7 Å². The number of alkyl halides is 3. The van der Waals surface area contributed by atoms with Crippen LogP contribution in [0.15, 0.2) is 66.9 Å². The van der Waals surface area contributed by atoms with Crippen molar-refractivity contribution >= 4 is 11.9 Å². The van der Waals surface area contributed by atoms with Gasteiger partial charge in [0, 0.05) is 37.9 Å². The third kappa shape index (κ3) is 5.87. The molecule has 0 spiro atoms. The molecule has 1 saturated heterocycles. The van der Waals surface area contributed by atoms with Crippen LogP contribution in [0.5, 0.6) is 0 Å². The molecule has 0 atom stereocenters. The second kappa shape index (κ2) is 9.99. The van der Waals surface area contributed by atoms with Gasteiger partial charge in [-0.1, -0.05) is 42.5 Å². The van der Waals surface area contributed by atoms with Crippen molar-refractivity contribution in [2.24, 2.45) is 0 Å². The topological polar surface area (TPSA) is 58.6 Å². The Kier molecular flexibility index (Phi) is 6.88. The highest BCUT2D eigenvalue weighted by atomic mass is 19.4. The number of carbonyl (C=O) groups is 1. The summed E-state index contributed by atoms with van der Waals surface area (Å²) < 4.78 is 44.6. The first kappa shape index (κ1) is 22.7. The lowest BCUT2D eigenvalue weighted by Gasteiger charge is -2.34. The molecule has 1 fully saturated rings. The fourth-order valence-electron chi connectivity index (χ4n) is 3.59. The predicted molar refractivity (Wildman–Crippen MR) is 117 cm³/mol. The Hall–Kier alpha value is -3.46. The van der Waals surface area contributed by atoms with Gasteiger partial charge in [-0.25, -0.2) is 9.97 Å². The maximum Gasteiger partial charge on any atom is 0.416 e. The van der Waals surface area contributed by atoms with Crippen molar-refractivity contribution in [3.8, 4) is 11.3 Å². The lowest BCUT2D eigenvalue weighted by atomic mass is 10.1. The molecule has 33 heavy (non-hydrogen) atoms. The zero-order valence-corrected chi connectivity index (χ0v) is 17.8. The minimum absolute atomic E-state index is 0.0103. The molecular formula is C24H23F3N4O2. The molecule has 6 nitrogen and oxygen atoms in total. The number of anilines is 1. The van der Waals surface area contributed by atoms with Gasteiger partial charge < -0.3 is 14.5 Å². The van der Waals surface area contributed by atoms with Crippen molar-refractivity contribution in [1.82, 2.24) is 14.9 Å². The number of ether oxygens (including phenoxy) is 1. The second-order valence-corrected chi connectivity index (χ2v) is 7.67. The monoisotopic (exact) mass is 456 g/mol. The molecule has 0 bridgehead atoms. The zero-order chi connectivity index (χ0) is 23.3. The molecule has 0 aliphatic carbocycles. The van der Waals surface area contributed by atoms with Gasteiger partial charge in [0.1, 0.15) is 6.61 Å². The Balaban J connectivity index is 1.33. The van der Waals surface area contributed by atoms with Crippen LogP contribution < -0.4 is 4.90 Å². The minimum Gasteiger partial charge on any atom is -0.367 e. The van der Waals surface area contributed by atoms with E-state index in [4.69, 9.17) is 4.74 Å². The lowest BCUT2D eigenvalue weighted by molar-refractivity contribution is -0.138. The van der Waals surface area contributed by atoms with Gasteiger partial charge in [0.2, 0.25) is 11.9 Å². The number of rotatable bonds is 6.